The summed E-state index contributed by atoms with van der Waals surface area (Å²) in [5.41, 5.74) is 1.97. The van der Waals surface area contributed by atoms with Gasteiger partial charge in [0.25, 0.3) is 0 Å². The van der Waals surface area contributed by atoms with Crippen LogP contribution in [-0.2, 0) is 20.7 Å². The summed E-state index contributed by atoms with van der Waals surface area (Å²) >= 11 is 6.43. The molecule has 2 aliphatic rings. The van der Waals surface area contributed by atoms with E-state index >= 15 is 0 Å². The fourth-order valence-corrected chi connectivity index (χ4v) is 4.60. The minimum absolute atomic E-state index is 0.0169. The van der Waals surface area contributed by atoms with E-state index in [4.69, 9.17) is 16.3 Å². The van der Waals surface area contributed by atoms with Crippen LogP contribution in [0.1, 0.15) is 38.3 Å². The van der Waals surface area contributed by atoms with Crippen LogP contribution in [0.2, 0.25) is 5.02 Å². The Balaban J connectivity index is 1.43. The van der Waals surface area contributed by atoms with E-state index in [2.05, 4.69) is 20.3 Å². The molecule has 2 saturated heterocycles. The molecule has 0 radical (unpaired) electrons. The molecule has 1 N–H and O–H groups in total. The molecule has 176 valence electrons. The van der Waals surface area contributed by atoms with Gasteiger partial charge in [0.1, 0.15) is 11.6 Å². The summed E-state index contributed by atoms with van der Waals surface area (Å²) in [7, 11) is 0. The summed E-state index contributed by atoms with van der Waals surface area (Å²) in [5.74, 6) is 1.21. The normalized spacial score (nSPS) is 19.3. The van der Waals surface area contributed by atoms with E-state index in [-0.39, 0.29) is 24.0 Å². The lowest BCUT2D eigenvalue weighted by atomic mass is 9.91. The third-order valence-electron chi connectivity index (χ3n) is 6.41. The number of hydrogen-bond acceptors (Lipinski definition) is 7. The number of likely N-dealkylation sites (tertiary alicyclic amines) is 1. The number of ketones is 1. The Kier molecular flexibility index (Phi) is 7.88. The van der Waals surface area contributed by atoms with Crippen LogP contribution in [0, 0.1) is 11.8 Å². The van der Waals surface area contributed by atoms with Gasteiger partial charge in [0.15, 0.2) is 0 Å². The lowest BCUT2D eigenvalue weighted by Gasteiger charge is -2.31. The number of piperidine rings is 1. The molecule has 0 aliphatic carbocycles. The minimum Gasteiger partial charge on any atom is -0.381 e. The fourth-order valence-electron chi connectivity index (χ4n) is 4.40. The van der Waals surface area contributed by atoms with E-state index in [0.717, 1.165) is 52.0 Å². The number of nitrogens with one attached hydrogen (secondary N) is 1. The smallest absolute Gasteiger partial charge is 0.219 e. The van der Waals surface area contributed by atoms with Gasteiger partial charge in [0.05, 0.1) is 23.1 Å². The van der Waals surface area contributed by atoms with Crippen molar-refractivity contribution < 1.29 is 14.3 Å². The molecular weight excluding hydrogens is 442 g/mol. The van der Waals surface area contributed by atoms with Gasteiger partial charge in [-0.2, -0.15) is 0 Å². The van der Waals surface area contributed by atoms with Crippen molar-refractivity contribution in [2.24, 2.45) is 11.8 Å². The summed E-state index contributed by atoms with van der Waals surface area (Å²) in [6, 6.07) is 1.82. The van der Waals surface area contributed by atoms with Crippen molar-refractivity contribution in [3.63, 3.8) is 0 Å². The van der Waals surface area contributed by atoms with Crippen LogP contribution in [0.25, 0.3) is 11.3 Å². The van der Waals surface area contributed by atoms with Crippen molar-refractivity contribution in [3.8, 4) is 11.3 Å². The van der Waals surface area contributed by atoms with Crippen LogP contribution in [0.4, 0.5) is 5.82 Å². The average molecular weight is 472 g/mol. The van der Waals surface area contributed by atoms with Gasteiger partial charge in [-0.25, -0.2) is 4.98 Å². The molecule has 0 unspecified atom stereocenters. The van der Waals surface area contributed by atoms with E-state index in [0.29, 0.717) is 40.3 Å². The number of ether oxygens (including phenoxy) is 1. The number of aromatic nitrogens is 3. The number of amides is 1. The Bertz CT molecular complexity index is 996. The maximum absolute atomic E-state index is 12.9. The van der Waals surface area contributed by atoms with Gasteiger partial charge in [-0.15, -0.1) is 0 Å². The second kappa shape index (κ2) is 11.0. The molecule has 9 heteroatoms. The number of rotatable bonds is 7. The van der Waals surface area contributed by atoms with Crippen LogP contribution in [0.15, 0.2) is 24.7 Å². The number of anilines is 1. The predicted molar refractivity (Wildman–Crippen MR) is 126 cm³/mol. The molecule has 0 saturated carbocycles. The Morgan fingerprint density at radius 1 is 1.21 bits per heavy atom. The first kappa shape index (κ1) is 23.6. The summed E-state index contributed by atoms with van der Waals surface area (Å²) in [6.07, 6.45) is 8.86. The summed E-state index contributed by atoms with van der Waals surface area (Å²) in [4.78, 5) is 39.7. The maximum Gasteiger partial charge on any atom is 0.219 e. The molecule has 1 atom stereocenters. The van der Waals surface area contributed by atoms with Gasteiger partial charge in [-0.3, -0.25) is 19.6 Å². The largest absolute Gasteiger partial charge is 0.381 e. The highest BCUT2D eigenvalue weighted by Gasteiger charge is 2.27. The monoisotopic (exact) mass is 471 g/mol. The number of pyridine rings is 1. The molecule has 4 rings (SSSR count). The van der Waals surface area contributed by atoms with Crippen LogP contribution >= 0.6 is 11.6 Å². The Labute approximate surface area is 199 Å². The van der Waals surface area contributed by atoms with Crippen molar-refractivity contribution in [2.75, 3.05) is 38.2 Å². The third-order valence-corrected chi connectivity index (χ3v) is 6.71. The first-order chi connectivity index (χ1) is 16.0. The first-order valence-corrected chi connectivity index (χ1v) is 11.9. The molecule has 0 spiro atoms. The van der Waals surface area contributed by atoms with Crippen molar-refractivity contribution >= 4 is 29.1 Å². The first-order valence-electron chi connectivity index (χ1n) is 11.6. The quantitative estimate of drug-likeness (QED) is 0.660. The Morgan fingerprint density at radius 2 is 2.03 bits per heavy atom. The molecule has 2 aromatic heterocycles. The van der Waals surface area contributed by atoms with Gasteiger partial charge in [0.2, 0.25) is 5.91 Å². The number of carbonyl (C=O) groups excluding carboxylic acids is 2. The van der Waals surface area contributed by atoms with Crippen molar-refractivity contribution in [2.45, 2.75) is 39.0 Å². The maximum atomic E-state index is 12.9. The number of Topliss-reactive ketones (excluding diaryl/α,β-unsaturated/α-hetero) is 1. The molecule has 4 heterocycles. The van der Waals surface area contributed by atoms with Gasteiger partial charge < -0.3 is 15.0 Å². The lowest BCUT2D eigenvalue weighted by molar-refractivity contribution is -0.133. The van der Waals surface area contributed by atoms with Gasteiger partial charge >= 0.3 is 0 Å². The molecule has 2 aromatic rings. The lowest BCUT2D eigenvalue weighted by Crippen LogP contribution is -2.41. The van der Waals surface area contributed by atoms with Crippen molar-refractivity contribution in [1.82, 2.24) is 19.9 Å². The van der Waals surface area contributed by atoms with Gasteiger partial charge in [-0.05, 0) is 37.7 Å². The molecular formula is C24H30ClN5O3. The molecule has 0 aromatic carbocycles. The highest BCUT2D eigenvalue weighted by atomic mass is 35.5. The number of hydrogen-bond donors (Lipinski definition) is 1. The SMILES string of the molecule is CC(=O)N1CCC[C@@H](C(=O)Cc2cc(-c3cncc(NCC4CCOCC4)n3)c(Cl)cn2)C1. The fraction of sp³-hybridized carbons (Fsp3) is 0.542. The summed E-state index contributed by atoms with van der Waals surface area (Å²) < 4.78 is 5.42. The molecule has 8 nitrogen and oxygen atoms in total. The number of carbonyl (C=O) groups is 2. The zero-order valence-corrected chi connectivity index (χ0v) is 19.7. The van der Waals surface area contributed by atoms with Gasteiger partial charge in [-0.1, -0.05) is 11.6 Å². The molecule has 1 amide bonds. The van der Waals surface area contributed by atoms with E-state index in [9.17, 15) is 9.59 Å². The van der Waals surface area contributed by atoms with Gasteiger partial charge in [0, 0.05) is 69.6 Å². The number of nitrogens with zero attached hydrogens (tertiary/aromatic N) is 4. The minimum atomic E-state index is -0.152. The van der Waals surface area contributed by atoms with Crippen LogP contribution in [-0.4, -0.2) is 64.4 Å². The second-order valence-electron chi connectivity index (χ2n) is 8.83. The van der Waals surface area contributed by atoms with E-state index < -0.39 is 0 Å². The standard InChI is InChI=1S/C24H30ClN5O3/c1-16(31)30-6-2-3-18(15-30)23(32)10-19-9-20(21(25)12-27-19)22-13-26-14-24(29-22)28-11-17-4-7-33-8-5-17/h9,12-14,17-18H,2-8,10-11,15H2,1H3,(H,28,29)/t18-/m1/s1. The third kappa shape index (κ3) is 6.26. The molecule has 2 aliphatic heterocycles. The highest BCUT2D eigenvalue weighted by molar-refractivity contribution is 6.33. The van der Waals surface area contributed by atoms with E-state index in [1.54, 1.807) is 30.4 Å². The Morgan fingerprint density at radius 3 is 2.82 bits per heavy atom. The zero-order chi connectivity index (χ0) is 23.2. The second-order valence-corrected chi connectivity index (χ2v) is 9.24. The van der Waals surface area contributed by atoms with Crippen molar-refractivity contribution in [1.29, 1.82) is 0 Å². The average Bonchev–Trinajstić information content (AvgIpc) is 2.85. The van der Waals surface area contributed by atoms with Crippen molar-refractivity contribution in [3.05, 3.63) is 35.4 Å². The zero-order valence-electron chi connectivity index (χ0n) is 18.9. The summed E-state index contributed by atoms with van der Waals surface area (Å²) in [6.45, 7) is 5.19. The summed E-state index contributed by atoms with van der Waals surface area (Å²) in [5, 5.41) is 3.83. The number of halogens is 1. The predicted octanol–water partition coefficient (Wildman–Crippen LogP) is 3.40. The topological polar surface area (TPSA) is 97.3 Å². The van der Waals surface area contributed by atoms with Crippen LogP contribution in [0.5, 0.6) is 0 Å². The van der Waals surface area contributed by atoms with E-state index in [1.165, 1.54) is 0 Å². The molecule has 2 fully saturated rings. The highest BCUT2D eigenvalue weighted by Crippen LogP contribution is 2.28. The Hall–Kier alpha value is -2.58. The van der Waals surface area contributed by atoms with E-state index in [1.807, 2.05) is 6.07 Å². The van der Waals surface area contributed by atoms with Crippen LogP contribution in [0.3, 0.4) is 0 Å². The molecule has 33 heavy (non-hydrogen) atoms. The molecule has 0 bridgehead atoms. The van der Waals surface area contributed by atoms with Crippen LogP contribution < -0.4 is 5.32 Å².